The number of nitrogens with zero attached hydrogens (tertiary/aromatic N) is 5. The standard InChI is InChI=1S/C15H15N5O2.C2HF3O2/c21-15(13-3-1-8-22-13)19-7-6-18-9-12(17-14(18)11-19)10-20-5-2-4-16-20;3-2(4,5)1(6)7/h1-5,8-9H,6-7,10-11H2;(H,6,7). The number of carboxylic acid groups (broad SMARTS) is 1. The summed E-state index contributed by atoms with van der Waals surface area (Å²) in [4.78, 5) is 27.6. The maximum Gasteiger partial charge on any atom is 0.490 e. The van der Waals surface area contributed by atoms with Crippen molar-refractivity contribution < 1.29 is 32.3 Å². The number of halogens is 3. The number of hydrogen-bond donors (Lipinski definition) is 1. The lowest BCUT2D eigenvalue weighted by molar-refractivity contribution is -0.192. The molecule has 1 N–H and O–H groups in total. The quantitative estimate of drug-likeness (QED) is 0.707. The summed E-state index contributed by atoms with van der Waals surface area (Å²) >= 11 is 0. The summed E-state index contributed by atoms with van der Waals surface area (Å²) in [6.07, 6.45) is 2.12. The Balaban J connectivity index is 0.000000298. The van der Waals surface area contributed by atoms with Crippen LogP contribution in [0.15, 0.2) is 47.5 Å². The average Bonchev–Trinajstić information content (AvgIpc) is 3.42. The average molecular weight is 411 g/mol. The van der Waals surface area contributed by atoms with E-state index in [4.69, 9.17) is 14.3 Å². The van der Waals surface area contributed by atoms with E-state index in [1.807, 2.05) is 23.1 Å². The lowest BCUT2D eigenvalue weighted by Crippen LogP contribution is -2.38. The zero-order valence-electron chi connectivity index (χ0n) is 14.9. The van der Waals surface area contributed by atoms with Gasteiger partial charge in [0, 0.05) is 31.7 Å². The zero-order valence-corrected chi connectivity index (χ0v) is 14.9. The van der Waals surface area contributed by atoms with Crippen molar-refractivity contribution in [3.05, 3.63) is 60.3 Å². The van der Waals surface area contributed by atoms with E-state index in [0.29, 0.717) is 25.4 Å². The molecule has 12 heteroatoms. The SMILES string of the molecule is O=C(O)C(F)(F)F.O=C(c1ccco1)N1CCn2cc(Cn3cccn3)nc2C1. The fourth-order valence-electron chi connectivity index (χ4n) is 2.68. The molecule has 0 bridgehead atoms. The number of carboxylic acids is 1. The first kappa shape index (κ1) is 20.2. The summed E-state index contributed by atoms with van der Waals surface area (Å²) < 4.78 is 40.9. The molecular weight excluding hydrogens is 395 g/mol. The van der Waals surface area contributed by atoms with Gasteiger partial charge in [0.2, 0.25) is 0 Å². The number of fused-ring (bicyclic) bond motifs is 1. The predicted octanol–water partition coefficient (Wildman–Crippen LogP) is 2.01. The number of carbonyl (C=O) groups is 2. The van der Waals surface area contributed by atoms with Gasteiger partial charge in [-0.05, 0) is 18.2 Å². The molecule has 1 aliphatic heterocycles. The molecule has 0 aromatic carbocycles. The van der Waals surface area contributed by atoms with E-state index < -0.39 is 12.1 Å². The topological polar surface area (TPSA) is 106 Å². The second-order valence-electron chi connectivity index (χ2n) is 6.05. The number of aliphatic carboxylic acids is 1. The molecule has 4 heterocycles. The Labute approximate surface area is 162 Å². The van der Waals surface area contributed by atoms with E-state index in [0.717, 1.165) is 18.1 Å². The maximum absolute atomic E-state index is 12.3. The van der Waals surface area contributed by atoms with E-state index in [9.17, 15) is 18.0 Å². The van der Waals surface area contributed by atoms with Gasteiger partial charge in [0.15, 0.2) is 5.76 Å². The van der Waals surface area contributed by atoms with Crippen LogP contribution in [0.25, 0.3) is 0 Å². The summed E-state index contributed by atoms with van der Waals surface area (Å²) in [7, 11) is 0. The number of hydrogen-bond acceptors (Lipinski definition) is 5. The predicted molar refractivity (Wildman–Crippen MR) is 90.7 cm³/mol. The first-order valence-corrected chi connectivity index (χ1v) is 8.39. The highest BCUT2D eigenvalue weighted by molar-refractivity contribution is 5.91. The Morgan fingerprint density at radius 1 is 1.24 bits per heavy atom. The fraction of sp³-hybridized carbons (Fsp3) is 0.294. The van der Waals surface area contributed by atoms with Gasteiger partial charge in [-0.15, -0.1) is 0 Å². The molecule has 1 amide bonds. The molecule has 154 valence electrons. The van der Waals surface area contributed by atoms with Gasteiger partial charge in [0.05, 0.1) is 25.0 Å². The van der Waals surface area contributed by atoms with Crippen molar-refractivity contribution in [1.29, 1.82) is 0 Å². The van der Waals surface area contributed by atoms with Crippen LogP contribution in [-0.2, 0) is 24.4 Å². The van der Waals surface area contributed by atoms with Gasteiger partial charge in [-0.25, -0.2) is 9.78 Å². The third-order valence-corrected chi connectivity index (χ3v) is 4.00. The minimum absolute atomic E-state index is 0.0899. The van der Waals surface area contributed by atoms with Crippen LogP contribution in [0.3, 0.4) is 0 Å². The van der Waals surface area contributed by atoms with Gasteiger partial charge in [-0.3, -0.25) is 9.48 Å². The van der Waals surface area contributed by atoms with E-state index in [1.54, 1.807) is 23.2 Å². The van der Waals surface area contributed by atoms with Gasteiger partial charge in [-0.2, -0.15) is 18.3 Å². The minimum Gasteiger partial charge on any atom is -0.475 e. The van der Waals surface area contributed by atoms with E-state index in [-0.39, 0.29) is 5.91 Å². The Bertz CT molecular complexity index is 964. The maximum atomic E-state index is 12.3. The smallest absolute Gasteiger partial charge is 0.475 e. The number of aromatic nitrogens is 4. The molecule has 29 heavy (non-hydrogen) atoms. The monoisotopic (exact) mass is 411 g/mol. The molecule has 0 aliphatic carbocycles. The highest BCUT2D eigenvalue weighted by Crippen LogP contribution is 2.16. The molecule has 0 saturated carbocycles. The molecule has 0 radical (unpaired) electrons. The number of carbonyl (C=O) groups excluding carboxylic acids is 1. The van der Waals surface area contributed by atoms with Crippen molar-refractivity contribution in [1.82, 2.24) is 24.2 Å². The summed E-state index contributed by atoms with van der Waals surface area (Å²) in [6.45, 7) is 2.54. The largest absolute Gasteiger partial charge is 0.490 e. The van der Waals surface area contributed by atoms with Gasteiger partial charge in [0.25, 0.3) is 5.91 Å². The Morgan fingerprint density at radius 2 is 2.00 bits per heavy atom. The lowest BCUT2D eigenvalue weighted by Gasteiger charge is -2.26. The summed E-state index contributed by atoms with van der Waals surface area (Å²) in [6, 6.07) is 5.30. The molecule has 0 unspecified atom stereocenters. The zero-order chi connectivity index (χ0) is 21.0. The summed E-state index contributed by atoms with van der Waals surface area (Å²) in [5, 5.41) is 11.3. The molecule has 4 rings (SSSR count). The van der Waals surface area contributed by atoms with Crippen molar-refractivity contribution in [3.8, 4) is 0 Å². The Hall–Kier alpha value is -3.57. The van der Waals surface area contributed by atoms with E-state index in [1.165, 1.54) is 6.26 Å². The van der Waals surface area contributed by atoms with Crippen LogP contribution in [0.1, 0.15) is 22.1 Å². The summed E-state index contributed by atoms with van der Waals surface area (Å²) in [5.74, 6) is -1.58. The third-order valence-electron chi connectivity index (χ3n) is 4.00. The molecule has 1 aliphatic rings. The van der Waals surface area contributed by atoms with Gasteiger partial charge < -0.3 is 19.0 Å². The third kappa shape index (κ3) is 5.03. The van der Waals surface area contributed by atoms with Crippen molar-refractivity contribution in [2.24, 2.45) is 0 Å². The second-order valence-corrected chi connectivity index (χ2v) is 6.05. The number of alkyl halides is 3. The van der Waals surface area contributed by atoms with Crippen LogP contribution >= 0.6 is 0 Å². The van der Waals surface area contributed by atoms with Gasteiger partial charge in [0.1, 0.15) is 5.82 Å². The molecule has 0 atom stereocenters. The van der Waals surface area contributed by atoms with Crippen LogP contribution in [0, 0.1) is 0 Å². The van der Waals surface area contributed by atoms with Crippen LogP contribution in [-0.4, -0.2) is 53.9 Å². The molecule has 3 aromatic heterocycles. The first-order valence-electron chi connectivity index (χ1n) is 8.39. The molecule has 9 nitrogen and oxygen atoms in total. The van der Waals surface area contributed by atoms with Crippen LogP contribution in [0.5, 0.6) is 0 Å². The Morgan fingerprint density at radius 3 is 2.59 bits per heavy atom. The number of furan rings is 1. The highest BCUT2D eigenvalue weighted by Gasteiger charge is 2.38. The molecule has 0 saturated heterocycles. The Kier molecular flexibility index (Phi) is 5.71. The highest BCUT2D eigenvalue weighted by atomic mass is 19.4. The van der Waals surface area contributed by atoms with Crippen LogP contribution in [0.4, 0.5) is 13.2 Å². The normalized spacial score (nSPS) is 13.4. The molecular formula is C17H16F3N5O4. The molecule has 0 fully saturated rings. The lowest BCUT2D eigenvalue weighted by atomic mass is 10.3. The number of amides is 1. The molecule has 0 spiro atoms. The van der Waals surface area contributed by atoms with Crippen LogP contribution in [0.2, 0.25) is 0 Å². The van der Waals surface area contributed by atoms with E-state index in [2.05, 4.69) is 14.6 Å². The van der Waals surface area contributed by atoms with Gasteiger partial charge >= 0.3 is 12.1 Å². The van der Waals surface area contributed by atoms with Crippen molar-refractivity contribution in [2.45, 2.75) is 25.8 Å². The minimum atomic E-state index is -5.08. The second kappa shape index (κ2) is 8.20. The number of rotatable bonds is 3. The van der Waals surface area contributed by atoms with Crippen molar-refractivity contribution in [2.75, 3.05) is 6.54 Å². The fourth-order valence-corrected chi connectivity index (χ4v) is 2.68. The van der Waals surface area contributed by atoms with Crippen molar-refractivity contribution >= 4 is 11.9 Å². The summed E-state index contributed by atoms with van der Waals surface area (Å²) in [5.41, 5.74) is 0.950. The van der Waals surface area contributed by atoms with E-state index >= 15 is 0 Å². The van der Waals surface area contributed by atoms with Crippen LogP contribution < -0.4 is 0 Å². The van der Waals surface area contributed by atoms with Crippen molar-refractivity contribution in [3.63, 3.8) is 0 Å². The number of imidazole rings is 1. The molecule has 3 aromatic rings. The first-order chi connectivity index (χ1) is 13.7. The van der Waals surface area contributed by atoms with Gasteiger partial charge in [-0.1, -0.05) is 0 Å².